The van der Waals surface area contributed by atoms with Gasteiger partial charge in [-0.25, -0.2) is 4.79 Å². The summed E-state index contributed by atoms with van der Waals surface area (Å²) in [6, 6.07) is 7.28. The Morgan fingerprint density at radius 3 is 2.81 bits per heavy atom. The molecule has 0 radical (unpaired) electrons. The van der Waals surface area contributed by atoms with Crippen molar-refractivity contribution in [2.45, 2.75) is 6.04 Å². The van der Waals surface area contributed by atoms with Gasteiger partial charge in [0.05, 0.1) is 6.04 Å². The molecule has 2 N–H and O–H groups in total. The Morgan fingerprint density at radius 1 is 1.43 bits per heavy atom. The van der Waals surface area contributed by atoms with Crippen molar-refractivity contribution in [3.63, 3.8) is 0 Å². The summed E-state index contributed by atoms with van der Waals surface area (Å²) in [7, 11) is 3.89. The van der Waals surface area contributed by atoms with Crippen molar-refractivity contribution in [1.82, 2.24) is 20.4 Å². The molecule has 0 bridgehead atoms. The van der Waals surface area contributed by atoms with E-state index in [9.17, 15) is 4.79 Å². The molecule has 112 valence electrons. The summed E-state index contributed by atoms with van der Waals surface area (Å²) in [5.41, 5.74) is 2.53. The van der Waals surface area contributed by atoms with Gasteiger partial charge in [-0.05, 0) is 25.7 Å². The highest BCUT2D eigenvalue weighted by molar-refractivity contribution is 7.13. The van der Waals surface area contributed by atoms with Crippen LogP contribution in [-0.2, 0) is 0 Å². The van der Waals surface area contributed by atoms with E-state index in [2.05, 4.69) is 20.8 Å². The lowest BCUT2D eigenvalue weighted by atomic mass is 10.1. The summed E-state index contributed by atoms with van der Waals surface area (Å²) in [4.78, 5) is 13.8. The average molecular weight is 326 g/mol. The maximum Gasteiger partial charge on any atom is 0.321 e. The van der Waals surface area contributed by atoms with Crippen LogP contribution in [0.5, 0.6) is 0 Å². The summed E-state index contributed by atoms with van der Waals surface area (Å²) < 4.78 is 0. The molecule has 0 aliphatic rings. The number of rotatable bonds is 5. The maximum atomic E-state index is 11.8. The van der Waals surface area contributed by atoms with Gasteiger partial charge in [-0.1, -0.05) is 41.1 Å². The predicted octanol–water partition coefficient (Wildman–Crippen LogP) is 2.62. The van der Waals surface area contributed by atoms with Crippen LogP contribution in [-0.4, -0.2) is 41.8 Å². The number of nitrogens with one attached hydrogen (secondary N) is 2. The molecule has 1 aromatic carbocycles. The molecule has 0 fully saturated rings. The van der Waals surface area contributed by atoms with Gasteiger partial charge in [0.25, 0.3) is 0 Å². The van der Waals surface area contributed by atoms with Gasteiger partial charge < -0.3 is 10.2 Å². The second-order valence-electron chi connectivity index (χ2n) is 4.58. The second kappa shape index (κ2) is 7.35. The molecule has 1 aromatic heterocycles. The van der Waals surface area contributed by atoms with Gasteiger partial charge in [-0.2, -0.15) is 0 Å². The van der Waals surface area contributed by atoms with E-state index >= 15 is 0 Å². The predicted molar refractivity (Wildman–Crippen MR) is 84.8 cm³/mol. The SMILES string of the molecule is CN(C)[C@@H](CNC(=O)Nc1nncs1)c1ccccc1Cl. The fourth-order valence-corrected chi connectivity index (χ4v) is 2.58. The highest BCUT2D eigenvalue weighted by atomic mass is 35.5. The molecular formula is C13H16ClN5OS. The zero-order chi connectivity index (χ0) is 15.2. The van der Waals surface area contributed by atoms with Crippen LogP contribution in [0.15, 0.2) is 29.8 Å². The first-order chi connectivity index (χ1) is 10.1. The molecule has 0 spiro atoms. The van der Waals surface area contributed by atoms with Crippen LogP contribution >= 0.6 is 22.9 Å². The molecule has 6 nitrogen and oxygen atoms in total. The van der Waals surface area contributed by atoms with E-state index in [0.717, 1.165) is 5.56 Å². The number of likely N-dealkylation sites (N-methyl/N-ethyl adjacent to an activating group) is 1. The van der Waals surface area contributed by atoms with Crippen molar-refractivity contribution in [1.29, 1.82) is 0 Å². The molecule has 1 atom stereocenters. The first-order valence-corrected chi connectivity index (χ1v) is 7.55. The summed E-state index contributed by atoms with van der Waals surface area (Å²) in [6.45, 7) is 0.432. The highest BCUT2D eigenvalue weighted by Crippen LogP contribution is 2.25. The lowest BCUT2D eigenvalue weighted by Gasteiger charge is -2.25. The van der Waals surface area contributed by atoms with Gasteiger partial charge in [0.2, 0.25) is 5.13 Å². The molecule has 1 heterocycles. The smallest absolute Gasteiger partial charge is 0.321 e. The molecule has 0 saturated heterocycles. The Balaban J connectivity index is 1.98. The van der Waals surface area contributed by atoms with E-state index in [1.165, 1.54) is 11.3 Å². The van der Waals surface area contributed by atoms with Gasteiger partial charge in [-0.3, -0.25) is 5.32 Å². The largest absolute Gasteiger partial charge is 0.336 e. The number of halogens is 1. The molecule has 0 aliphatic heterocycles. The molecule has 0 unspecified atom stereocenters. The fourth-order valence-electron chi connectivity index (χ4n) is 1.87. The van der Waals surface area contributed by atoms with Crippen molar-refractivity contribution >= 4 is 34.1 Å². The van der Waals surface area contributed by atoms with Crippen LogP contribution in [0.3, 0.4) is 0 Å². The summed E-state index contributed by atoms with van der Waals surface area (Å²) >= 11 is 7.49. The Bertz CT molecular complexity index is 590. The number of amides is 2. The Morgan fingerprint density at radius 2 is 2.19 bits per heavy atom. The normalized spacial score (nSPS) is 12.2. The monoisotopic (exact) mass is 325 g/mol. The topological polar surface area (TPSA) is 70.2 Å². The minimum atomic E-state index is -0.314. The first kappa shape index (κ1) is 15.7. The van der Waals surface area contributed by atoms with E-state index in [0.29, 0.717) is 16.7 Å². The van der Waals surface area contributed by atoms with Crippen LogP contribution in [0.4, 0.5) is 9.93 Å². The third-order valence-electron chi connectivity index (χ3n) is 2.92. The zero-order valence-corrected chi connectivity index (χ0v) is 13.3. The molecule has 2 aromatic rings. The Kier molecular flexibility index (Phi) is 5.49. The molecule has 2 amide bonds. The number of carbonyl (C=O) groups is 1. The number of urea groups is 1. The Hall–Kier alpha value is -1.70. The van der Waals surface area contributed by atoms with Crippen molar-refractivity contribution in [3.05, 3.63) is 40.4 Å². The van der Waals surface area contributed by atoms with Crippen molar-refractivity contribution in [2.24, 2.45) is 0 Å². The fraction of sp³-hybridized carbons (Fsp3) is 0.308. The van der Waals surface area contributed by atoms with Crippen molar-refractivity contribution in [3.8, 4) is 0 Å². The number of hydrogen-bond acceptors (Lipinski definition) is 5. The van der Waals surface area contributed by atoms with Gasteiger partial charge in [0, 0.05) is 11.6 Å². The lowest BCUT2D eigenvalue weighted by Crippen LogP contribution is -2.37. The van der Waals surface area contributed by atoms with Crippen LogP contribution in [0.2, 0.25) is 5.02 Å². The van der Waals surface area contributed by atoms with Gasteiger partial charge in [-0.15, -0.1) is 10.2 Å². The molecule has 0 aliphatic carbocycles. The summed E-state index contributed by atoms with van der Waals surface area (Å²) in [5, 5.41) is 14.0. The van der Waals surface area contributed by atoms with Gasteiger partial charge in [0.15, 0.2) is 0 Å². The van der Waals surface area contributed by atoms with Crippen LogP contribution < -0.4 is 10.6 Å². The van der Waals surface area contributed by atoms with Crippen molar-refractivity contribution < 1.29 is 4.79 Å². The quantitative estimate of drug-likeness (QED) is 0.886. The molecular weight excluding hydrogens is 310 g/mol. The lowest BCUT2D eigenvalue weighted by molar-refractivity contribution is 0.243. The zero-order valence-electron chi connectivity index (χ0n) is 11.7. The summed E-state index contributed by atoms with van der Waals surface area (Å²) in [6.07, 6.45) is 0. The van der Waals surface area contributed by atoms with E-state index < -0.39 is 0 Å². The number of benzene rings is 1. The Labute approximate surface area is 132 Å². The highest BCUT2D eigenvalue weighted by Gasteiger charge is 2.17. The molecule has 8 heteroatoms. The molecule has 0 saturated carbocycles. The number of aromatic nitrogens is 2. The third kappa shape index (κ3) is 4.38. The second-order valence-corrected chi connectivity index (χ2v) is 5.82. The number of anilines is 1. The summed E-state index contributed by atoms with van der Waals surface area (Å²) in [5.74, 6) is 0. The average Bonchev–Trinajstić information content (AvgIpc) is 2.93. The van der Waals surface area contributed by atoms with E-state index in [1.807, 2.05) is 43.3 Å². The van der Waals surface area contributed by atoms with Gasteiger partial charge in [0.1, 0.15) is 5.51 Å². The van der Waals surface area contributed by atoms with E-state index in [-0.39, 0.29) is 12.1 Å². The standard InChI is InChI=1S/C13H16ClN5OS/c1-19(2)11(9-5-3-4-6-10(9)14)7-15-12(20)17-13-18-16-8-21-13/h3-6,8,11H,7H2,1-2H3,(H2,15,17,18,20)/t11-/m0/s1. The minimum absolute atomic E-state index is 0.0149. The van der Waals surface area contributed by atoms with E-state index in [4.69, 9.17) is 11.6 Å². The van der Waals surface area contributed by atoms with Crippen LogP contribution in [0.1, 0.15) is 11.6 Å². The minimum Gasteiger partial charge on any atom is -0.336 e. The van der Waals surface area contributed by atoms with Gasteiger partial charge >= 0.3 is 6.03 Å². The maximum absolute atomic E-state index is 11.8. The molecule has 21 heavy (non-hydrogen) atoms. The number of carbonyl (C=O) groups excluding carboxylic acids is 1. The van der Waals surface area contributed by atoms with Crippen LogP contribution in [0.25, 0.3) is 0 Å². The van der Waals surface area contributed by atoms with E-state index in [1.54, 1.807) is 5.51 Å². The first-order valence-electron chi connectivity index (χ1n) is 6.30. The third-order valence-corrected chi connectivity index (χ3v) is 3.87. The van der Waals surface area contributed by atoms with Crippen molar-refractivity contribution in [2.75, 3.05) is 26.0 Å². The van der Waals surface area contributed by atoms with Crippen LogP contribution in [0, 0.1) is 0 Å². The number of hydrogen-bond donors (Lipinski definition) is 2. The number of nitrogens with zero attached hydrogens (tertiary/aromatic N) is 3. The molecule has 2 rings (SSSR count).